The Morgan fingerprint density at radius 2 is 1.78 bits per heavy atom. The predicted molar refractivity (Wildman–Crippen MR) is 85.7 cm³/mol. The van der Waals surface area contributed by atoms with Crippen molar-refractivity contribution in [1.29, 1.82) is 0 Å². The van der Waals surface area contributed by atoms with E-state index < -0.39 is 34.5 Å². The highest BCUT2D eigenvalue weighted by atomic mass is 35.5. The van der Waals surface area contributed by atoms with E-state index in [-0.39, 0.29) is 10.8 Å². The highest BCUT2D eigenvalue weighted by Crippen LogP contribution is 2.17. The van der Waals surface area contributed by atoms with Crippen LogP contribution < -0.4 is 5.32 Å². The summed E-state index contributed by atoms with van der Waals surface area (Å²) < 4.78 is 25.5. The summed E-state index contributed by atoms with van der Waals surface area (Å²) in [5.41, 5.74) is 0. The molecule has 1 unspecified atom stereocenters. The van der Waals surface area contributed by atoms with Crippen LogP contribution in [-0.4, -0.2) is 49.3 Å². The molecule has 0 spiro atoms. The number of hydrogen-bond donors (Lipinski definition) is 2. The van der Waals surface area contributed by atoms with Gasteiger partial charge in [0.25, 0.3) is 0 Å². The molecule has 0 aromatic heterocycles. The third-order valence-corrected chi connectivity index (χ3v) is 5.21. The van der Waals surface area contributed by atoms with Crippen LogP contribution in [-0.2, 0) is 19.6 Å². The van der Waals surface area contributed by atoms with E-state index in [1.165, 1.54) is 31.3 Å². The van der Waals surface area contributed by atoms with E-state index >= 15 is 0 Å². The summed E-state index contributed by atoms with van der Waals surface area (Å²) in [7, 11) is -2.62. The quantitative estimate of drug-likeness (QED) is 0.758. The lowest BCUT2D eigenvalue weighted by atomic mass is 10.1. The number of nitrogens with one attached hydrogen (secondary N) is 1. The van der Waals surface area contributed by atoms with Gasteiger partial charge in [-0.25, -0.2) is 13.2 Å². The van der Waals surface area contributed by atoms with E-state index in [4.69, 9.17) is 16.7 Å². The molecule has 1 aromatic carbocycles. The highest BCUT2D eigenvalue weighted by Gasteiger charge is 2.27. The summed E-state index contributed by atoms with van der Waals surface area (Å²) in [5.74, 6) is -2.18. The summed E-state index contributed by atoms with van der Waals surface area (Å²) >= 11 is 5.71. The number of amides is 1. The predicted octanol–water partition coefficient (Wildman–Crippen LogP) is 1.19. The van der Waals surface area contributed by atoms with Crippen molar-refractivity contribution in [2.75, 3.05) is 13.6 Å². The molecule has 128 valence electrons. The maximum absolute atomic E-state index is 12.3. The van der Waals surface area contributed by atoms with Crippen molar-refractivity contribution >= 4 is 33.5 Å². The number of nitrogens with zero attached hydrogens (tertiary/aromatic N) is 1. The van der Waals surface area contributed by atoms with Gasteiger partial charge in [-0.1, -0.05) is 25.4 Å². The summed E-state index contributed by atoms with van der Waals surface area (Å²) in [6.07, 6.45) is 0. The van der Waals surface area contributed by atoms with Gasteiger partial charge in [-0.3, -0.25) is 4.79 Å². The SMILES string of the molecule is CC(C)C(NC(=O)CN(C)S(=O)(=O)c1ccc(Cl)cc1)C(=O)O. The molecule has 0 aliphatic rings. The Bertz CT molecular complexity index is 673. The summed E-state index contributed by atoms with van der Waals surface area (Å²) in [4.78, 5) is 23.0. The fourth-order valence-electron chi connectivity index (χ4n) is 1.81. The van der Waals surface area contributed by atoms with Crippen LogP contribution in [0.15, 0.2) is 29.2 Å². The number of hydrogen-bond acceptors (Lipinski definition) is 4. The monoisotopic (exact) mass is 362 g/mol. The van der Waals surface area contributed by atoms with Crippen LogP contribution >= 0.6 is 11.6 Å². The maximum Gasteiger partial charge on any atom is 0.326 e. The van der Waals surface area contributed by atoms with Gasteiger partial charge in [0.2, 0.25) is 15.9 Å². The topological polar surface area (TPSA) is 104 Å². The van der Waals surface area contributed by atoms with Crippen LogP contribution in [0.2, 0.25) is 5.02 Å². The number of rotatable bonds is 7. The van der Waals surface area contributed by atoms with Gasteiger partial charge in [0.15, 0.2) is 0 Å². The summed E-state index contributed by atoms with van der Waals surface area (Å²) in [6, 6.07) is 4.46. The Kier molecular flexibility index (Phi) is 6.55. The first kappa shape index (κ1) is 19.4. The molecule has 0 aliphatic heterocycles. The Morgan fingerprint density at radius 3 is 2.22 bits per heavy atom. The van der Waals surface area contributed by atoms with Gasteiger partial charge in [0.1, 0.15) is 6.04 Å². The maximum atomic E-state index is 12.3. The second-order valence-electron chi connectivity index (χ2n) is 5.34. The average molecular weight is 363 g/mol. The molecule has 1 atom stereocenters. The molecule has 9 heteroatoms. The van der Waals surface area contributed by atoms with Crippen LogP contribution in [0.4, 0.5) is 0 Å². The third kappa shape index (κ3) is 5.19. The number of carbonyl (C=O) groups is 2. The molecule has 2 N–H and O–H groups in total. The molecule has 0 saturated heterocycles. The van der Waals surface area contributed by atoms with Crippen molar-refractivity contribution in [3.05, 3.63) is 29.3 Å². The van der Waals surface area contributed by atoms with E-state index in [1.54, 1.807) is 13.8 Å². The Hall–Kier alpha value is -1.64. The van der Waals surface area contributed by atoms with Gasteiger partial charge in [-0.2, -0.15) is 4.31 Å². The fourth-order valence-corrected chi connectivity index (χ4v) is 3.06. The average Bonchev–Trinajstić information content (AvgIpc) is 2.44. The second-order valence-corrected chi connectivity index (χ2v) is 7.82. The first-order valence-corrected chi connectivity index (χ1v) is 8.61. The standard InChI is InChI=1S/C14H19ClN2O5S/c1-9(2)13(14(19)20)16-12(18)8-17(3)23(21,22)11-6-4-10(15)5-7-11/h4-7,9,13H,8H2,1-3H3,(H,16,18)(H,19,20). The van der Waals surface area contributed by atoms with Gasteiger partial charge in [-0.05, 0) is 30.2 Å². The lowest BCUT2D eigenvalue weighted by molar-refractivity contribution is -0.143. The lowest BCUT2D eigenvalue weighted by Crippen LogP contribution is -2.48. The summed E-state index contributed by atoms with van der Waals surface area (Å²) in [6.45, 7) is 2.81. The lowest BCUT2D eigenvalue weighted by Gasteiger charge is -2.21. The van der Waals surface area contributed by atoms with Gasteiger partial charge < -0.3 is 10.4 Å². The van der Waals surface area contributed by atoms with Crippen molar-refractivity contribution in [3.63, 3.8) is 0 Å². The van der Waals surface area contributed by atoms with Crippen LogP contribution in [0.25, 0.3) is 0 Å². The Morgan fingerprint density at radius 1 is 1.26 bits per heavy atom. The fraction of sp³-hybridized carbons (Fsp3) is 0.429. The zero-order valence-corrected chi connectivity index (χ0v) is 14.6. The van der Waals surface area contributed by atoms with Gasteiger partial charge in [0.05, 0.1) is 11.4 Å². The van der Waals surface area contributed by atoms with Gasteiger partial charge in [-0.15, -0.1) is 0 Å². The zero-order chi connectivity index (χ0) is 17.8. The van der Waals surface area contributed by atoms with E-state index in [2.05, 4.69) is 5.32 Å². The Balaban J connectivity index is 2.81. The minimum absolute atomic E-state index is 0.00385. The first-order valence-electron chi connectivity index (χ1n) is 6.79. The molecular weight excluding hydrogens is 344 g/mol. The van der Waals surface area contributed by atoms with Crippen LogP contribution in [0.1, 0.15) is 13.8 Å². The van der Waals surface area contributed by atoms with E-state index in [0.717, 1.165) is 4.31 Å². The minimum atomic E-state index is -3.86. The number of aliphatic carboxylic acids is 1. The molecule has 0 aliphatic carbocycles. The molecule has 0 saturated carbocycles. The number of benzene rings is 1. The molecule has 0 fully saturated rings. The zero-order valence-electron chi connectivity index (χ0n) is 13.0. The van der Waals surface area contributed by atoms with E-state index in [9.17, 15) is 18.0 Å². The number of sulfonamides is 1. The molecule has 1 rings (SSSR count). The summed E-state index contributed by atoms with van der Waals surface area (Å²) in [5, 5.41) is 11.7. The molecule has 1 aromatic rings. The largest absolute Gasteiger partial charge is 0.480 e. The van der Waals surface area contributed by atoms with Gasteiger partial charge in [0, 0.05) is 12.1 Å². The highest BCUT2D eigenvalue weighted by molar-refractivity contribution is 7.89. The second kappa shape index (κ2) is 7.76. The van der Waals surface area contributed by atoms with E-state index in [0.29, 0.717) is 5.02 Å². The molecular formula is C14H19ClN2O5S. The van der Waals surface area contributed by atoms with Gasteiger partial charge >= 0.3 is 5.97 Å². The first-order chi connectivity index (χ1) is 10.6. The minimum Gasteiger partial charge on any atom is -0.480 e. The number of carboxylic acids is 1. The number of carboxylic acid groups (broad SMARTS) is 1. The number of carbonyl (C=O) groups excluding carboxylic acids is 1. The van der Waals surface area contributed by atoms with Crippen molar-refractivity contribution < 1.29 is 23.1 Å². The van der Waals surface area contributed by atoms with Crippen molar-refractivity contribution in [3.8, 4) is 0 Å². The van der Waals surface area contributed by atoms with Crippen LogP contribution in [0.3, 0.4) is 0 Å². The molecule has 0 radical (unpaired) electrons. The van der Waals surface area contributed by atoms with Crippen molar-refractivity contribution in [1.82, 2.24) is 9.62 Å². The van der Waals surface area contributed by atoms with Crippen LogP contribution in [0, 0.1) is 5.92 Å². The van der Waals surface area contributed by atoms with Crippen molar-refractivity contribution in [2.24, 2.45) is 5.92 Å². The van der Waals surface area contributed by atoms with E-state index in [1.807, 2.05) is 0 Å². The Labute approximate surface area is 140 Å². The molecule has 23 heavy (non-hydrogen) atoms. The molecule has 1 amide bonds. The van der Waals surface area contributed by atoms with Crippen molar-refractivity contribution in [2.45, 2.75) is 24.8 Å². The molecule has 0 heterocycles. The third-order valence-electron chi connectivity index (χ3n) is 3.14. The smallest absolute Gasteiger partial charge is 0.326 e. The normalized spacial score (nSPS) is 13.1. The molecule has 0 bridgehead atoms. The number of likely N-dealkylation sites (N-methyl/N-ethyl adjacent to an activating group) is 1. The van der Waals surface area contributed by atoms with Crippen LogP contribution in [0.5, 0.6) is 0 Å². The molecule has 7 nitrogen and oxygen atoms in total. The number of halogens is 1.